The zero-order valence-electron chi connectivity index (χ0n) is 22.4. The lowest BCUT2D eigenvalue weighted by Gasteiger charge is -2.23. The van der Waals surface area contributed by atoms with Crippen molar-refractivity contribution in [3.8, 4) is 17.2 Å². The molecule has 0 unspecified atom stereocenters. The molecule has 0 bridgehead atoms. The highest BCUT2D eigenvalue weighted by Gasteiger charge is 2.22. The molecule has 0 aliphatic rings. The normalized spacial score (nSPS) is 10.7. The summed E-state index contributed by atoms with van der Waals surface area (Å²) < 4.78 is 17.1. The Bertz CT molecular complexity index is 1380. The van der Waals surface area contributed by atoms with Crippen LogP contribution in [0.15, 0.2) is 97.1 Å². The number of amides is 2. The van der Waals surface area contributed by atoms with E-state index in [-0.39, 0.29) is 11.7 Å². The molecule has 0 aliphatic heterocycles. The van der Waals surface area contributed by atoms with Crippen molar-refractivity contribution in [2.24, 2.45) is 5.92 Å². The predicted molar refractivity (Wildman–Crippen MR) is 153 cm³/mol. The number of benzene rings is 4. The van der Waals surface area contributed by atoms with Gasteiger partial charge in [-0.05, 0) is 41.5 Å². The van der Waals surface area contributed by atoms with Crippen LogP contribution < -0.4 is 24.8 Å². The number of urea groups is 1. The number of hydrogen-bond donors (Lipinski definition) is 2. The van der Waals surface area contributed by atoms with Crippen LogP contribution in [0.1, 0.15) is 41.4 Å². The van der Waals surface area contributed by atoms with Crippen molar-refractivity contribution in [3.63, 3.8) is 0 Å². The SMILES string of the molecule is COc1ccc(NC(=O)Nc2ccc(OC(c3ccccc3)c3ccccc3)c(C(=O)C(C)C)c2)cc1OC. The van der Waals surface area contributed by atoms with Gasteiger partial charge in [0.25, 0.3) is 0 Å². The van der Waals surface area contributed by atoms with Crippen molar-refractivity contribution in [1.82, 2.24) is 0 Å². The average Bonchev–Trinajstić information content (AvgIpc) is 2.96. The fourth-order valence-corrected chi connectivity index (χ4v) is 4.13. The number of anilines is 2. The van der Waals surface area contributed by atoms with E-state index < -0.39 is 12.1 Å². The summed E-state index contributed by atoms with van der Waals surface area (Å²) in [5, 5.41) is 5.58. The second-order valence-electron chi connectivity index (χ2n) is 9.20. The first-order valence-corrected chi connectivity index (χ1v) is 12.6. The van der Waals surface area contributed by atoms with Crippen LogP contribution in [0.4, 0.5) is 16.2 Å². The van der Waals surface area contributed by atoms with Crippen molar-refractivity contribution in [1.29, 1.82) is 0 Å². The van der Waals surface area contributed by atoms with Crippen LogP contribution in [0.5, 0.6) is 17.2 Å². The maximum atomic E-state index is 13.2. The number of carbonyl (C=O) groups is 2. The topological polar surface area (TPSA) is 85.9 Å². The highest BCUT2D eigenvalue weighted by molar-refractivity contribution is 6.03. The molecule has 7 heteroatoms. The van der Waals surface area contributed by atoms with E-state index in [2.05, 4.69) is 10.6 Å². The van der Waals surface area contributed by atoms with Gasteiger partial charge >= 0.3 is 6.03 Å². The molecule has 39 heavy (non-hydrogen) atoms. The largest absolute Gasteiger partial charge is 0.493 e. The van der Waals surface area contributed by atoms with E-state index in [0.717, 1.165) is 11.1 Å². The van der Waals surface area contributed by atoms with Gasteiger partial charge in [0.2, 0.25) is 0 Å². The molecule has 0 spiro atoms. The first kappa shape index (κ1) is 27.3. The van der Waals surface area contributed by atoms with Crippen LogP contribution in [0.3, 0.4) is 0 Å². The van der Waals surface area contributed by atoms with E-state index in [1.807, 2.05) is 74.5 Å². The van der Waals surface area contributed by atoms with Crippen LogP contribution in [0, 0.1) is 5.92 Å². The molecule has 0 saturated carbocycles. The lowest BCUT2D eigenvalue weighted by atomic mass is 9.98. The molecule has 0 radical (unpaired) electrons. The van der Waals surface area contributed by atoms with E-state index >= 15 is 0 Å². The fraction of sp³-hybridized carbons (Fsp3) is 0.188. The number of ether oxygens (including phenoxy) is 3. The number of nitrogens with one attached hydrogen (secondary N) is 2. The summed E-state index contributed by atoms with van der Waals surface area (Å²) in [6.45, 7) is 3.67. The molecule has 0 fully saturated rings. The summed E-state index contributed by atoms with van der Waals surface area (Å²) in [5.41, 5.74) is 3.30. The maximum Gasteiger partial charge on any atom is 0.323 e. The Morgan fingerprint density at radius 2 is 1.15 bits per heavy atom. The van der Waals surface area contributed by atoms with Crippen LogP contribution in [-0.2, 0) is 0 Å². The Balaban J connectivity index is 1.61. The van der Waals surface area contributed by atoms with Gasteiger partial charge in [-0.3, -0.25) is 4.79 Å². The molecule has 200 valence electrons. The van der Waals surface area contributed by atoms with Crippen molar-refractivity contribution in [2.75, 3.05) is 24.9 Å². The van der Waals surface area contributed by atoms with Crippen LogP contribution in [0.25, 0.3) is 0 Å². The van der Waals surface area contributed by atoms with Gasteiger partial charge in [0.15, 0.2) is 17.3 Å². The highest BCUT2D eigenvalue weighted by Crippen LogP contribution is 2.34. The summed E-state index contributed by atoms with van der Waals surface area (Å²) in [4.78, 5) is 26.0. The molecule has 0 heterocycles. The minimum Gasteiger partial charge on any atom is -0.493 e. The number of methoxy groups -OCH3 is 2. The van der Waals surface area contributed by atoms with Gasteiger partial charge in [-0.1, -0.05) is 74.5 Å². The summed E-state index contributed by atoms with van der Waals surface area (Å²) in [6.07, 6.45) is -0.418. The number of ketones is 1. The van der Waals surface area contributed by atoms with E-state index in [1.54, 1.807) is 43.5 Å². The van der Waals surface area contributed by atoms with E-state index in [9.17, 15) is 9.59 Å². The molecule has 7 nitrogen and oxygen atoms in total. The Hall–Kier alpha value is -4.78. The summed E-state index contributed by atoms with van der Waals surface area (Å²) >= 11 is 0. The van der Waals surface area contributed by atoms with Crippen molar-refractivity contribution >= 4 is 23.2 Å². The van der Waals surface area contributed by atoms with E-state index in [0.29, 0.717) is 34.2 Å². The molecular formula is C32H32N2O5. The number of Topliss-reactive ketones (excluding diaryl/α,β-unsaturated/α-hetero) is 1. The Kier molecular flexibility index (Phi) is 8.84. The van der Waals surface area contributed by atoms with Crippen molar-refractivity contribution in [3.05, 3.63) is 114 Å². The van der Waals surface area contributed by atoms with Gasteiger partial charge in [-0.15, -0.1) is 0 Å². The molecule has 0 atom stereocenters. The standard InChI is InChI=1S/C32H32N2O5/c1-21(2)30(35)26-19-24(33-32(36)34-25-16-18-28(37-3)29(20-25)38-4)15-17-27(26)39-31(22-11-7-5-8-12-22)23-13-9-6-10-14-23/h5-21,31H,1-4H3,(H2,33,34,36). The lowest BCUT2D eigenvalue weighted by molar-refractivity contribution is 0.0933. The van der Waals surface area contributed by atoms with Crippen LogP contribution in [0.2, 0.25) is 0 Å². The first-order valence-electron chi connectivity index (χ1n) is 12.6. The van der Waals surface area contributed by atoms with Gasteiger partial charge in [0, 0.05) is 23.4 Å². The Morgan fingerprint density at radius 1 is 0.641 bits per heavy atom. The summed E-state index contributed by atoms with van der Waals surface area (Å²) in [5.74, 6) is 1.13. The van der Waals surface area contributed by atoms with Gasteiger partial charge < -0.3 is 24.8 Å². The van der Waals surface area contributed by atoms with Gasteiger partial charge in [0.1, 0.15) is 11.9 Å². The molecule has 4 aromatic carbocycles. The second kappa shape index (κ2) is 12.6. The molecule has 2 N–H and O–H groups in total. The minimum absolute atomic E-state index is 0.0891. The third-order valence-electron chi connectivity index (χ3n) is 6.12. The third-order valence-corrected chi connectivity index (χ3v) is 6.12. The smallest absolute Gasteiger partial charge is 0.323 e. The van der Waals surface area contributed by atoms with Crippen LogP contribution >= 0.6 is 0 Å². The number of rotatable bonds is 10. The molecular weight excluding hydrogens is 492 g/mol. The molecule has 4 aromatic rings. The predicted octanol–water partition coefficient (Wildman–Crippen LogP) is 7.35. The summed E-state index contributed by atoms with van der Waals surface area (Å²) in [7, 11) is 3.07. The lowest BCUT2D eigenvalue weighted by Crippen LogP contribution is -2.20. The van der Waals surface area contributed by atoms with Gasteiger partial charge in [0.05, 0.1) is 19.8 Å². The van der Waals surface area contributed by atoms with E-state index in [1.165, 1.54) is 7.11 Å². The zero-order valence-corrected chi connectivity index (χ0v) is 22.4. The van der Waals surface area contributed by atoms with Crippen molar-refractivity contribution < 1.29 is 23.8 Å². The van der Waals surface area contributed by atoms with Crippen molar-refractivity contribution in [2.45, 2.75) is 20.0 Å². The summed E-state index contributed by atoms with van der Waals surface area (Å²) in [6, 6.07) is 29.4. The average molecular weight is 525 g/mol. The number of hydrogen-bond acceptors (Lipinski definition) is 5. The first-order chi connectivity index (χ1) is 18.9. The second-order valence-corrected chi connectivity index (χ2v) is 9.20. The third kappa shape index (κ3) is 6.76. The fourth-order valence-electron chi connectivity index (χ4n) is 4.13. The maximum absolute atomic E-state index is 13.2. The van der Waals surface area contributed by atoms with Gasteiger partial charge in [-0.2, -0.15) is 0 Å². The molecule has 0 saturated heterocycles. The Labute approximate surface area is 228 Å². The zero-order chi connectivity index (χ0) is 27.8. The molecule has 0 aliphatic carbocycles. The van der Waals surface area contributed by atoms with E-state index in [4.69, 9.17) is 14.2 Å². The van der Waals surface area contributed by atoms with Crippen LogP contribution in [-0.4, -0.2) is 26.0 Å². The molecule has 4 rings (SSSR count). The minimum atomic E-state index is -0.467. The van der Waals surface area contributed by atoms with Gasteiger partial charge in [-0.25, -0.2) is 4.79 Å². The quantitative estimate of drug-likeness (QED) is 0.212. The molecule has 0 aromatic heterocycles. The molecule has 2 amide bonds. The highest BCUT2D eigenvalue weighted by atomic mass is 16.5. The monoisotopic (exact) mass is 524 g/mol. The Morgan fingerprint density at radius 3 is 1.67 bits per heavy atom. The number of carbonyl (C=O) groups excluding carboxylic acids is 2.